The molecular formula is C15H19N3O3. The number of nitrogens with zero attached hydrogens (tertiary/aromatic N) is 3. The Bertz CT molecular complexity index is 565. The number of rotatable bonds is 7. The third kappa shape index (κ3) is 4.05. The second-order valence-corrected chi connectivity index (χ2v) is 4.46. The van der Waals surface area contributed by atoms with Gasteiger partial charge in [-0.3, -0.25) is 0 Å². The Balaban J connectivity index is 1.83. The van der Waals surface area contributed by atoms with Crippen molar-refractivity contribution in [2.75, 3.05) is 24.6 Å². The van der Waals surface area contributed by atoms with Crippen LogP contribution in [0.4, 0.5) is 5.69 Å². The molecule has 0 N–H and O–H groups in total. The van der Waals surface area contributed by atoms with E-state index < -0.39 is 5.97 Å². The van der Waals surface area contributed by atoms with Crippen molar-refractivity contribution in [2.24, 2.45) is 0 Å². The maximum absolute atomic E-state index is 11.7. The first kappa shape index (κ1) is 15.0. The largest absolute Gasteiger partial charge is 0.467 e. The number of hydrogen-bond donors (Lipinski definition) is 0. The van der Waals surface area contributed by atoms with Crippen LogP contribution in [0.5, 0.6) is 0 Å². The van der Waals surface area contributed by atoms with Crippen LogP contribution in [0.25, 0.3) is 0 Å². The highest BCUT2D eigenvalue weighted by Crippen LogP contribution is 2.18. The lowest BCUT2D eigenvalue weighted by molar-refractivity contribution is 0.0503. The van der Waals surface area contributed by atoms with E-state index in [0.29, 0.717) is 12.0 Å². The monoisotopic (exact) mass is 289 g/mol. The second-order valence-electron chi connectivity index (χ2n) is 4.46. The molecule has 0 fully saturated rings. The molecule has 0 aliphatic rings. The van der Waals surface area contributed by atoms with Crippen LogP contribution in [-0.4, -0.2) is 35.6 Å². The molecule has 0 amide bonds. The number of anilines is 1. The number of furan rings is 1. The molecule has 6 heteroatoms. The average Bonchev–Trinajstić information content (AvgIpc) is 2.98. The Morgan fingerprint density at radius 1 is 1.29 bits per heavy atom. The van der Waals surface area contributed by atoms with Crippen LogP contribution >= 0.6 is 0 Å². The highest BCUT2D eigenvalue weighted by atomic mass is 16.5. The fourth-order valence-electron chi connectivity index (χ4n) is 1.99. The molecule has 0 bridgehead atoms. The summed E-state index contributed by atoms with van der Waals surface area (Å²) in [4.78, 5) is 21.4. The van der Waals surface area contributed by atoms with Crippen molar-refractivity contribution < 1.29 is 13.9 Å². The van der Waals surface area contributed by atoms with Crippen molar-refractivity contribution in [1.82, 2.24) is 9.97 Å². The summed E-state index contributed by atoms with van der Waals surface area (Å²) in [6.07, 6.45) is 6.51. The molecule has 2 aromatic rings. The summed E-state index contributed by atoms with van der Waals surface area (Å²) in [5, 5.41) is 0. The van der Waals surface area contributed by atoms with E-state index in [1.807, 2.05) is 6.07 Å². The van der Waals surface area contributed by atoms with E-state index in [2.05, 4.69) is 28.7 Å². The molecule has 0 aliphatic heterocycles. The maximum atomic E-state index is 11.7. The average molecular weight is 289 g/mol. The maximum Gasteiger partial charge on any atom is 0.341 e. The molecular weight excluding hydrogens is 270 g/mol. The first-order valence-electron chi connectivity index (χ1n) is 6.99. The van der Waals surface area contributed by atoms with Crippen LogP contribution in [0.2, 0.25) is 0 Å². The van der Waals surface area contributed by atoms with E-state index in [1.54, 1.807) is 6.26 Å². The molecule has 0 saturated carbocycles. The van der Waals surface area contributed by atoms with Crippen LogP contribution < -0.4 is 4.90 Å². The van der Waals surface area contributed by atoms with Crippen molar-refractivity contribution >= 4 is 11.7 Å². The fraction of sp³-hybridized carbons (Fsp3) is 0.400. The molecule has 0 spiro atoms. The van der Waals surface area contributed by atoms with Gasteiger partial charge < -0.3 is 14.1 Å². The summed E-state index contributed by atoms with van der Waals surface area (Å²) in [6.45, 7) is 6.32. The highest BCUT2D eigenvalue weighted by molar-refractivity contribution is 5.88. The highest BCUT2D eigenvalue weighted by Gasteiger charge is 2.10. The van der Waals surface area contributed by atoms with Gasteiger partial charge >= 0.3 is 5.97 Å². The van der Waals surface area contributed by atoms with Crippen LogP contribution in [0.3, 0.4) is 0 Å². The minimum atomic E-state index is -0.425. The molecule has 2 rings (SSSR count). The number of aromatic nitrogens is 2. The molecule has 0 aliphatic carbocycles. The van der Waals surface area contributed by atoms with Gasteiger partial charge in [-0.05, 0) is 13.8 Å². The van der Waals surface area contributed by atoms with Gasteiger partial charge in [-0.25, -0.2) is 14.8 Å². The molecule has 6 nitrogen and oxygen atoms in total. The SMILES string of the molecule is CCN(CC)c1coc(CCOC(=O)c2cncnc2)c1. The minimum Gasteiger partial charge on any atom is -0.467 e. The van der Waals surface area contributed by atoms with Gasteiger partial charge in [0.1, 0.15) is 18.4 Å². The first-order chi connectivity index (χ1) is 10.2. The zero-order valence-electron chi connectivity index (χ0n) is 12.3. The van der Waals surface area contributed by atoms with Crippen LogP contribution in [0.15, 0.2) is 35.5 Å². The topological polar surface area (TPSA) is 68.5 Å². The van der Waals surface area contributed by atoms with Gasteiger partial charge in [0.2, 0.25) is 0 Å². The molecule has 2 heterocycles. The van der Waals surface area contributed by atoms with Crippen molar-refractivity contribution in [2.45, 2.75) is 20.3 Å². The molecule has 2 aromatic heterocycles. The van der Waals surface area contributed by atoms with Gasteiger partial charge in [-0.2, -0.15) is 0 Å². The third-order valence-electron chi connectivity index (χ3n) is 3.15. The quantitative estimate of drug-likeness (QED) is 0.729. The van der Waals surface area contributed by atoms with Crippen LogP contribution in [0.1, 0.15) is 30.0 Å². The summed E-state index contributed by atoms with van der Waals surface area (Å²) in [6, 6.07) is 1.98. The third-order valence-corrected chi connectivity index (χ3v) is 3.15. The Hall–Kier alpha value is -2.37. The normalized spacial score (nSPS) is 10.4. The number of carbonyl (C=O) groups is 1. The summed E-state index contributed by atoms with van der Waals surface area (Å²) in [7, 11) is 0. The number of hydrogen-bond acceptors (Lipinski definition) is 6. The lowest BCUT2D eigenvalue weighted by atomic mass is 10.3. The zero-order chi connectivity index (χ0) is 15.1. The lowest BCUT2D eigenvalue weighted by Crippen LogP contribution is -2.20. The molecule has 21 heavy (non-hydrogen) atoms. The number of ether oxygens (including phenoxy) is 1. The van der Waals surface area contributed by atoms with Crippen molar-refractivity contribution in [3.05, 3.63) is 42.4 Å². The van der Waals surface area contributed by atoms with E-state index in [1.165, 1.54) is 18.7 Å². The van der Waals surface area contributed by atoms with Gasteiger partial charge in [0, 0.05) is 38.0 Å². The van der Waals surface area contributed by atoms with Crippen molar-refractivity contribution in [3.63, 3.8) is 0 Å². The van der Waals surface area contributed by atoms with E-state index >= 15 is 0 Å². The van der Waals surface area contributed by atoms with Gasteiger partial charge in [0.25, 0.3) is 0 Å². The summed E-state index contributed by atoms with van der Waals surface area (Å²) in [5.41, 5.74) is 1.40. The van der Waals surface area contributed by atoms with Crippen molar-refractivity contribution in [3.8, 4) is 0 Å². The van der Waals surface area contributed by atoms with E-state index in [0.717, 1.165) is 24.5 Å². The van der Waals surface area contributed by atoms with Crippen LogP contribution in [-0.2, 0) is 11.2 Å². The predicted octanol–water partition coefficient (Wildman–Crippen LogP) is 2.32. The molecule has 0 atom stereocenters. The Labute approximate surface area is 123 Å². The first-order valence-corrected chi connectivity index (χ1v) is 6.99. The van der Waals surface area contributed by atoms with Gasteiger partial charge in [0.15, 0.2) is 0 Å². The van der Waals surface area contributed by atoms with Gasteiger partial charge in [-0.1, -0.05) is 0 Å². The second kappa shape index (κ2) is 7.42. The Kier molecular flexibility index (Phi) is 5.31. The number of carbonyl (C=O) groups excluding carboxylic acids is 1. The minimum absolute atomic E-state index is 0.263. The summed E-state index contributed by atoms with van der Waals surface area (Å²) < 4.78 is 10.6. The lowest BCUT2D eigenvalue weighted by Gasteiger charge is -2.17. The summed E-state index contributed by atoms with van der Waals surface area (Å²) in [5.74, 6) is 0.375. The molecule has 112 valence electrons. The number of esters is 1. The molecule has 0 unspecified atom stereocenters. The summed E-state index contributed by atoms with van der Waals surface area (Å²) >= 11 is 0. The van der Waals surface area contributed by atoms with Gasteiger partial charge in [0.05, 0.1) is 17.9 Å². The van der Waals surface area contributed by atoms with E-state index in [-0.39, 0.29) is 6.61 Å². The standard InChI is InChI=1S/C15H19N3O3/c1-3-18(4-2)13-7-14(21-10-13)5-6-20-15(19)12-8-16-11-17-9-12/h7-11H,3-6H2,1-2H3. The van der Waals surface area contributed by atoms with Crippen LogP contribution in [0, 0.1) is 0 Å². The molecule has 0 saturated heterocycles. The van der Waals surface area contributed by atoms with E-state index in [4.69, 9.17) is 9.15 Å². The Morgan fingerprint density at radius 2 is 2.00 bits per heavy atom. The Morgan fingerprint density at radius 3 is 2.67 bits per heavy atom. The zero-order valence-corrected chi connectivity index (χ0v) is 12.3. The van der Waals surface area contributed by atoms with Crippen molar-refractivity contribution in [1.29, 1.82) is 0 Å². The van der Waals surface area contributed by atoms with E-state index in [9.17, 15) is 4.79 Å². The molecule has 0 aromatic carbocycles. The molecule has 0 radical (unpaired) electrons. The fourth-order valence-corrected chi connectivity index (χ4v) is 1.99. The predicted molar refractivity (Wildman–Crippen MR) is 78.3 cm³/mol. The smallest absolute Gasteiger partial charge is 0.341 e. The van der Waals surface area contributed by atoms with Gasteiger partial charge in [-0.15, -0.1) is 0 Å².